The lowest BCUT2D eigenvalue weighted by Gasteiger charge is -2.36. The van der Waals surface area contributed by atoms with Crippen molar-refractivity contribution in [1.29, 1.82) is 0 Å². The van der Waals surface area contributed by atoms with Crippen LogP contribution >= 0.6 is 0 Å². The molecule has 1 aromatic heterocycles. The van der Waals surface area contributed by atoms with E-state index in [1.54, 1.807) is 18.2 Å². The minimum atomic E-state index is -3.60. The fraction of sp³-hybridized carbons (Fsp3) is 0.462. The molecule has 1 saturated heterocycles. The van der Waals surface area contributed by atoms with E-state index < -0.39 is 33.9 Å². The highest BCUT2D eigenvalue weighted by Gasteiger charge is 2.38. The second-order valence-corrected chi connectivity index (χ2v) is 7.21. The summed E-state index contributed by atoms with van der Waals surface area (Å²) in [4.78, 5) is 27.7. The normalized spacial score (nSPS) is 22.3. The van der Waals surface area contributed by atoms with Crippen LogP contribution in [0.2, 0.25) is 0 Å². The van der Waals surface area contributed by atoms with Crippen molar-refractivity contribution in [3.8, 4) is 0 Å². The summed E-state index contributed by atoms with van der Waals surface area (Å²) in [5, 5.41) is 11.5. The lowest BCUT2D eigenvalue weighted by molar-refractivity contribution is -0.134. The van der Waals surface area contributed by atoms with Gasteiger partial charge in [-0.25, -0.2) is 13.9 Å². The maximum atomic E-state index is 12.1. The van der Waals surface area contributed by atoms with E-state index in [0.717, 1.165) is 10.6 Å². The third-order valence-corrected chi connectivity index (χ3v) is 4.91. The molecule has 23 heavy (non-hydrogen) atoms. The van der Waals surface area contributed by atoms with Crippen molar-refractivity contribution in [3.05, 3.63) is 30.1 Å². The minimum Gasteiger partial charge on any atom is -0.348 e. The predicted octanol–water partition coefficient (Wildman–Crippen LogP) is -0.891. The summed E-state index contributed by atoms with van der Waals surface area (Å²) in [7, 11) is -3.60. The van der Waals surface area contributed by atoms with Crippen molar-refractivity contribution in [2.45, 2.75) is 24.9 Å². The molecule has 3 N–H and O–H groups in total. The van der Waals surface area contributed by atoms with E-state index in [-0.39, 0.29) is 18.7 Å². The molecule has 1 fully saturated rings. The smallest absolute Gasteiger partial charge is 0.270 e. The molecule has 0 bridgehead atoms. The molecule has 2 rings (SSSR count). The van der Waals surface area contributed by atoms with Gasteiger partial charge < -0.3 is 5.32 Å². The molecule has 2 heterocycles. The first-order chi connectivity index (χ1) is 10.8. The Balaban J connectivity index is 2.09. The first-order valence-electron chi connectivity index (χ1n) is 6.95. The quantitative estimate of drug-likeness (QED) is 0.481. The summed E-state index contributed by atoms with van der Waals surface area (Å²) in [6.45, 7) is 0.0735. The number of sulfonamides is 1. The van der Waals surface area contributed by atoms with Gasteiger partial charge in [-0.15, -0.1) is 0 Å². The first-order valence-corrected chi connectivity index (χ1v) is 8.80. The highest BCUT2D eigenvalue weighted by atomic mass is 32.2. The van der Waals surface area contributed by atoms with Gasteiger partial charge in [0.15, 0.2) is 0 Å². The Morgan fingerprint density at radius 3 is 2.70 bits per heavy atom. The summed E-state index contributed by atoms with van der Waals surface area (Å²) in [6.07, 6.45) is 2.92. The van der Waals surface area contributed by atoms with Crippen LogP contribution in [-0.2, 0) is 14.8 Å². The Bertz CT molecular complexity index is 679. The number of hydroxylamine groups is 1. The van der Waals surface area contributed by atoms with Crippen molar-refractivity contribution >= 4 is 21.8 Å². The molecule has 0 radical (unpaired) electrons. The number of piperidine rings is 1. The van der Waals surface area contributed by atoms with Gasteiger partial charge in [-0.3, -0.25) is 19.8 Å². The number of amides is 2. The Hall–Kier alpha value is -2.04. The molecule has 0 spiro atoms. The van der Waals surface area contributed by atoms with Gasteiger partial charge in [0.05, 0.1) is 6.26 Å². The van der Waals surface area contributed by atoms with Gasteiger partial charge in [-0.2, -0.15) is 4.31 Å². The van der Waals surface area contributed by atoms with Gasteiger partial charge in [0.2, 0.25) is 10.0 Å². The molecule has 0 unspecified atom stereocenters. The predicted molar refractivity (Wildman–Crippen MR) is 80.0 cm³/mol. The number of carbonyl (C=O) groups excluding carboxylic acids is 2. The molecule has 1 aromatic rings. The molecule has 0 saturated carbocycles. The lowest BCUT2D eigenvalue weighted by Crippen LogP contribution is -2.56. The summed E-state index contributed by atoms with van der Waals surface area (Å²) >= 11 is 0. The van der Waals surface area contributed by atoms with Crippen molar-refractivity contribution < 1.29 is 23.2 Å². The fourth-order valence-corrected chi connectivity index (χ4v) is 3.62. The lowest BCUT2D eigenvalue weighted by atomic mass is 9.98. The SMILES string of the molecule is CS(=O)(=O)N1CC[C@@H](NC(=O)c2ccccn2)C[C@@H]1C(=O)NO. The minimum absolute atomic E-state index is 0.0675. The molecule has 2 atom stereocenters. The molecule has 2 amide bonds. The number of aromatic nitrogens is 1. The standard InChI is InChI=1S/C13H18N4O5S/c1-23(21,22)17-7-5-9(8-11(17)13(19)16-20)15-12(18)10-4-2-3-6-14-10/h2-4,6,9,11,20H,5,7-8H2,1H3,(H,15,18)(H,16,19)/t9-,11-/m1/s1. The maximum absolute atomic E-state index is 12.1. The van der Waals surface area contributed by atoms with E-state index >= 15 is 0 Å². The number of nitrogens with zero attached hydrogens (tertiary/aromatic N) is 2. The largest absolute Gasteiger partial charge is 0.348 e. The summed E-state index contributed by atoms with van der Waals surface area (Å²) in [6, 6.07) is 3.44. The highest BCUT2D eigenvalue weighted by molar-refractivity contribution is 7.88. The van der Waals surface area contributed by atoms with E-state index in [2.05, 4.69) is 10.3 Å². The second kappa shape index (κ2) is 7.02. The van der Waals surface area contributed by atoms with E-state index in [1.165, 1.54) is 11.7 Å². The van der Waals surface area contributed by atoms with Crippen LogP contribution in [0.4, 0.5) is 0 Å². The van der Waals surface area contributed by atoms with Crippen LogP contribution in [0.1, 0.15) is 23.3 Å². The molecule has 9 nitrogen and oxygen atoms in total. The third-order valence-electron chi connectivity index (χ3n) is 3.62. The van der Waals surface area contributed by atoms with Crippen molar-refractivity contribution in [3.63, 3.8) is 0 Å². The van der Waals surface area contributed by atoms with Gasteiger partial charge >= 0.3 is 0 Å². The topological polar surface area (TPSA) is 129 Å². The second-order valence-electron chi connectivity index (χ2n) is 5.28. The number of pyridine rings is 1. The Labute approximate surface area is 133 Å². The zero-order chi connectivity index (χ0) is 17.0. The Kier molecular flexibility index (Phi) is 5.29. The third kappa shape index (κ3) is 4.24. The summed E-state index contributed by atoms with van der Waals surface area (Å²) < 4.78 is 24.5. The summed E-state index contributed by atoms with van der Waals surface area (Å²) in [5.74, 6) is -1.22. The van der Waals surface area contributed by atoms with E-state index in [1.807, 2.05) is 0 Å². The van der Waals surface area contributed by atoms with Crippen LogP contribution in [0.15, 0.2) is 24.4 Å². The number of nitrogens with one attached hydrogen (secondary N) is 2. The van der Waals surface area contributed by atoms with Crippen LogP contribution in [0.25, 0.3) is 0 Å². The average molecular weight is 342 g/mol. The zero-order valence-electron chi connectivity index (χ0n) is 12.5. The fourth-order valence-electron chi connectivity index (χ4n) is 2.54. The van der Waals surface area contributed by atoms with E-state index in [9.17, 15) is 18.0 Å². The van der Waals surface area contributed by atoms with Gasteiger partial charge in [0.25, 0.3) is 11.8 Å². The molecule has 0 aromatic carbocycles. The van der Waals surface area contributed by atoms with Crippen molar-refractivity contribution in [1.82, 2.24) is 20.1 Å². The van der Waals surface area contributed by atoms with Crippen LogP contribution in [0, 0.1) is 0 Å². The van der Waals surface area contributed by atoms with Crippen LogP contribution < -0.4 is 10.8 Å². The highest BCUT2D eigenvalue weighted by Crippen LogP contribution is 2.21. The molecule has 1 aliphatic heterocycles. The van der Waals surface area contributed by atoms with Crippen LogP contribution in [-0.4, -0.2) is 59.6 Å². The number of carbonyl (C=O) groups is 2. The van der Waals surface area contributed by atoms with Crippen LogP contribution in [0.3, 0.4) is 0 Å². The number of hydrogen-bond donors (Lipinski definition) is 3. The molecule has 1 aliphatic rings. The summed E-state index contributed by atoms with van der Waals surface area (Å²) in [5.41, 5.74) is 1.71. The molecule has 126 valence electrons. The molecular formula is C13H18N4O5S. The Morgan fingerprint density at radius 1 is 1.39 bits per heavy atom. The van der Waals surface area contributed by atoms with Gasteiger partial charge in [0, 0.05) is 18.8 Å². The van der Waals surface area contributed by atoms with Crippen molar-refractivity contribution in [2.24, 2.45) is 0 Å². The average Bonchev–Trinajstić information content (AvgIpc) is 2.53. The molecule has 10 heteroatoms. The monoisotopic (exact) mass is 342 g/mol. The van der Waals surface area contributed by atoms with Crippen molar-refractivity contribution in [2.75, 3.05) is 12.8 Å². The number of hydrogen-bond acceptors (Lipinski definition) is 6. The molecular weight excluding hydrogens is 324 g/mol. The van der Waals surface area contributed by atoms with E-state index in [0.29, 0.717) is 6.42 Å². The van der Waals surface area contributed by atoms with E-state index in [4.69, 9.17) is 5.21 Å². The first kappa shape index (κ1) is 17.3. The molecule has 0 aliphatic carbocycles. The van der Waals surface area contributed by atoms with Gasteiger partial charge in [0.1, 0.15) is 11.7 Å². The maximum Gasteiger partial charge on any atom is 0.270 e. The number of rotatable bonds is 4. The van der Waals surface area contributed by atoms with Gasteiger partial charge in [-0.1, -0.05) is 6.07 Å². The Morgan fingerprint density at radius 2 is 2.13 bits per heavy atom. The zero-order valence-corrected chi connectivity index (χ0v) is 13.3. The van der Waals surface area contributed by atoms with Crippen LogP contribution in [0.5, 0.6) is 0 Å². The van der Waals surface area contributed by atoms with Gasteiger partial charge in [-0.05, 0) is 25.0 Å².